The molecule has 1 aliphatic heterocycles. The fourth-order valence-electron chi connectivity index (χ4n) is 3.27. The summed E-state index contributed by atoms with van der Waals surface area (Å²) in [6.07, 6.45) is 0.876. The summed E-state index contributed by atoms with van der Waals surface area (Å²) >= 11 is 0. The van der Waals surface area contributed by atoms with Gasteiger partial charge in [0.25, 0.3) is 0 Å². The molecule has 28 heavy (non-hydrogen) atoms. The van der Waals surface area contributed by atoms with Crippen molar-refractivity contribution >= 4 is 10.0 Å². The maximum absolute atomic E-state index is 12.8. The molecule has 1 unspecified atom stereocenters. The molecule has 2 aromatic rings. The average Bonchev–Trinajstić information content (AvgIpc) is 3.15. The van der Waals surface area contributed by atoms with Crippen LogP contribution in [0.25, 0.3) is 0 Å². The van der Waals surface area contributed by atoms with Crippen LogP contribution in [0, 0.1) is 0 Å². The topological polar surface area (TPSA) is 77.1 Å². The number of nitrogens with zero attached hydrogens (tertiary/aromatic N) is 1. The van der Waals surface area contributed by atoms with Crippen molar-refractivity contribution in [3.05, 3.63) is 47.5 Å². The van der Waals surface area contributed by atoms with Gasteiger partial charge in [0, 0.05) is 25.1 Å². The molecule has 2 aromatic carbocycles. The Hall–Kier alpha value is -2.29. The fraction of sp³-hybridized carbons (Fsp3) is 0.400. The number of ether oxygens (including phenoxy) is 3. The van der Waals surface area contributed by atoms with Gasteiger partial charge in [-0.3, -0.25) is 0 Å². The number of fused-ring (bicyclic) bond motifs is 1. The van der Waals surface area contributed by atoms with Gasteiger partial charge in [0.15, 0.2) is 11.5 Å². The van der Waals surface area contributed by atoms with E-state index in [9.17, 15) is 8.42 Å². The molecule has 0 saturated carbocycles. The highest BCUT2D eigenvalue weighted by atomic mass is 32.2. The summed E-state index contributed by atoms with van der Waals surface area (Å²) in [7, 11) is 3.14. The van der Waals surface area contributed by atoms with Crippen molar-refractivity contribution in [2.75, 3.05) is 41.5 Å². The highest BCUT2D eigenvalue weighted by molar-refractivity contribution is 7.89. The van der Waals surface area contributed by atoms with Crippen LogP contribution in [0.5, 0.6) is 17.2 Å². The number of rotatable bonds is 8. The van der Waals surface area contributed by atoms with E-state index in [0.29, 0.717) is 18.1 Å². The van der Waals surface area contributed by atoms with Crippen LogP contribution in [0.1, 0.15) is 17.2 Å². The Balaban J connectivity index is 1.79. The molecule has 0 spiro atoms. The second kappa shape index (κ2) is 8.38. The van der Waals surface area contributed by atoms with Gasteiger partial charge in [-0.1, -0.05) is 12.1 Å². The van der Waals surface area contributed by atoms with Crippen LogP contribution < -0.4 is 18.9 Å². The molecular weight excluding hydrogens is 380 g/mol. The van der Waals surface area contributed by atoms with Crippen LogP contribution in [0.15, 0.2) is 41.3 Å². The van der Waals surface area contributed by atoms with Crippen molar-refractivity contribution in [3.8, 4) is 17.2 Å². The summed E-state index contributed by atoms with van der Waals surface area (Å²) in [5.74, 6) is 1.76. The van der Waals surface area contributed by atoms with Gasteiger partial charge in [-0.2, -0.15) is 0 Å². The van der Waals surface area contributed by atoms with Crippen molar-refractivity contribution in [2.45, 2.75) is 17.4 Å². The first kappa shape index (κ1) is 20.4. The fourth-order valence-corrected chi connectivity index (χ4v) is 4.32. The molecule has 0 fully saturated rings. The van der Waals surface area contributed by atoms with Crippen LogP contribution in [-0.4, -0.2) is 54.8 Å². The SMILES string of the molecule is COc1ccc(S(=O)(=O)NCC(c2ccc3c(c2)CCO3)N(C)C)cc1OC. The van der Waals surface area contributed by atoms with Crippen LogP contribution in [0.4, 0.5) is 0 Å². The molecule has 3 rings (SSSR count). The summed E-state index contributed by atoms with van der Waals surface area (Å²) in [4.78, 5) is 2.12. The molecule has 0 aliphatic carbocycles. The van der Waals surface area contributed by atoms with E-state index in [0.717, 1.165) is 23.3 Å². The van der Waals surface area contributed by atoms with Crippen molar-refractivity contribution in [3.63, 3.8) is 0 Å². The van der Waals surface area contributed by atoms with Crippen LogP contribution in [0.2, 0.25) is 0 Å². The minimum absolute atomic E-state index is 0.110. The van der Waals surface area contributed by atoms with E-state index >= 15 is 0 Å². The molecule has 1 atom stereocenters. The Kier molecular flexibility index (Phi) is 6.12. The molecule has 0 radical (unpaired) electrons. The number of nitrogens with one attached hydrogen (secondary N) is 1. The number of likely N-dealkylation sites (N-methyl/N-ethyl adjacent to an activating group) is 1. The molecular formula is C20H26N2O5S. The lowest BCUT2D eigenvalue weighted by atomic mass is 10.0. The zero-order valence-corrected chi connectivity index (χ0v) is 17.4. The Labute approximate surface area is 166 Å². The van der Waals surface area contributed by atoms with Crippen LogP contribution >= 0.6 is 0 Å². The van der Waals surface area contributed by atoms with Gasteiger partial charge in [-0.25, -0.2) is 13.1 Å². The largest absolute Gasteiger partial charge is 0.493 e. The van der Waals surface area contributed by atoms with Crippen molar-refractivity contribution in [1.29, 1.82) is 0 Å². The third-order valence-corrected chi connectivity index (χ3v) is 6.27. The lowest BCUT2D eigenvalue weighted by molar-refractivity contribution is 0.299. The average molecular weight is 407 g/mol. The highest BCUT2D eigenvalue weighted by Crippen LogP contribution is 2.31. The summed E-state index contributed by atoms with van der Waals surface area (Å²) in [6, 6.07) is 10.5. The smallest absolute Gasteiger partial charge is 0.240 e. The standard InChI is InChI=1S/C20H26N2O5S/c1-22(2)17(14-5-7-18-15(11-14)9-10-27-18)13-21-28(23,24)16-6-8-19(25-3)20(12-16)26-4/h5-8,11-12,17,21H,9-10,13H2,1-4H3. The first-order chi connectivity index (χ1) is 13.4. The van der Waals surface area contributed by atoms with E-state index in [-0.39, 0.29) is 17.5 Å². The molecule has 8 heteroatoms. The number of hydrogen-bond acceptors (Lipinski definition) is 6. The van der Waals surface area contributed by atoms with E-state index in [4.69, 9.17) is 14.2 Å². The van der Waals surface area contributed by atoms with Crippen LogP contribution in [-0.2, 0) is 16.4 Å². The molecule has 0 amide bonds. The van der Waals surface area contributed by atoms with Gasteiger partial charge in [-0.15, -0.1) is 0 Å². The normalized spacial score (nSPS) is 14.5. The molecule has 7 nitrogen and oxygen atoms in total. The van der Waals surface area contributed by atoms with Crippen LogP contribution in [0.3, 0.4) is 0 Å². The van der Waals surface area contributed by atoms with Crippen molar-refractivity contribution in [1.82, 2.24) is 9.62 Å². The second-order valence-electron chi connectivity index (χ2n) is 6.81. The van der Waals surface area contributed by atoms with Gasteiger partial charge in [-0.05, 0) is 43.4 Å². The van der Waals surface area contributed by atoms with Gasteiger partial charge in [0.05, 0.1) is 25.7 Å². The lowest BCUT2D eigenvalue weighted by Gasteiger charge is -2.25. The summed E-state index contributed by atoms with van der Waals surface area (Å²) < 4.78 is 44.3. The number of methoxy groups -OCH3 is 2. The van der Waals surface area contributed by atoms with Crippen molar-refractivity contribution < 1.29 is 22.6 Å². The summed E-state index contributed by atoms with van der Waals surface area (Å²) in [5.41, 5.74) is 2.20. The summed E-state index contributed by atoms with van der Waals surface area (Å²) in [6.45, 7) is 0.931. The number of sulfonamides is 1. The minimum Gasteiger partial charge on any atom is -0.493 e. The predicted octanol–water partition coefficient (Wildman–Crippen LogP) is 2.22. The maximum atomic E-state index is 12.8. The molecule has 1 aliphatic rings. The van der Waals surface area contributed by atoms with E-state index in [2.05, 4.69) is 10.8 Å². The Bertz CT molecular complexity index is 944. The molecule has 152 valence electrons. The molecule has 0 bridgehead atoms. The van der Waals surface area contributed by atoms with E-state index < -0.39 is 10.0 Å². The van der Waals surface area contributed by atoms with Gasteiger partial charge in [0.1, 0.15) is 5.75 Å². The zero-order valence-electron chi connectivity index (χ0n) is 16.6. The molecule has 1 heterocycles. The van der Waals surface area contributed by atoms with E-state index in [1.807, 2.05) is 31.1 Å². The number of benzene rings is 2. The molecule has 0 saturated heterocycles. The monoisotopic (exact) mass is 406 g/mol. The zero-order chi connectivity index (χ0) is 20.3. The van der Waals surface area contributed by atoms with Gasteiger partial charge < -0.3 is 19.1 Å². The highest BCUT2D eigenvalue weighted by Gasteiger charge is 2.22. The van der Waals surface area contributed by atoms with E-state index in [1.54, 1.807) is 6.07 Å². The molecule has 1 N–H and O–H groups in total. The first-order valence-corrected chi connectivity index (χ1v) is 10.5. The maximum Gasteiger partial charge on any atom is 0.240 e. The Morgan fingerprint density at radius 1 is 1.11 bits per heavy atom. The van der Waals surface area contributed by atoms with E-state index in [1.165, 1.54) is 26.4 Å². The minimum atomic E-state index is -3.70. The third-order valence-electron chi connectivity index (χ3n) is 4.85. The van der Waals surface area contributed by atoms with Gasteiger partial charge >= 0.3 is 0 Å². The second-order valence-corrected chi connectivity index (χ2v) is 8.58. The quantitative estimate of drug-likeness (QED) is 0.724. The Morgan fingerprint density at radius 2 is 1.86 bits per heavy atom. The predicted molar refractivity (Wildman–Crippen MR) is 107 cm³/mol. The third kappa shape index (κ3) is 4.24. The number of hydrogen-bond donors (Lipinski definition) is 1. The van der Waals surface area contributed by atoms with Gasteiger partial charge in [0.2, 0.25) is 10.0 Å². The van der Waals surface area contributed by atoms with Crippen molar-refractivity contribution in [2.24, 2.45) is 0 Å². The summed E-state index contributed by atoms with van der Waals surface area (Å²) in [5, 5.41) is 0. The lowest BCUT2D eigenvalue weighted by Crippen LogP contribution is -2.34. The molecule has 0 aromatic heterocycles. The first-order valence-electron chi connectivity index (χ1n) is 8.99. The Morgan fingerprint density at radius 3 is 2.54 bits per heavy atom.